The Morgan fingerprint density at radius 1 is 1.10 bits per heavy atom. The van der Waals surface area contributed by atoms with Crippen LogP contribution in [0.4, 0.5) is 5.82 Å². The fraction of sp³-hybridized carbons (Fsp3) is 0.344. The van der Waals surface area contributed by atoms with Crippen molar-refractivity contribution in [2.75, 3.05) is 31.6 Å². The van der Waals surface area contributed by atoms with Crippen molar-refractivity contribution in [1.29, 1.82) is 0 Å². The summed E-state index contributed by atoms with van der Waals surface area (Å²) in [5, 5.41) is 13.8. The van der Waals surface area contributed by atoms with E-state index in [9.17, 15) is 9.90 Å². The Morgan fingerprint density at radius 2 is 2.00 bits per heavy atom. The third-order valence-electron chi connectivity index (χ3n) is 8.33. The molecule has 4 aromatic rings. The highest BCUT2D eigenvalue weighted by atomic mass is 35.5. The quantitative estimate of drug-likeness (QED) is 0.268. The van der Waals surface area contributed by atoms with Gasteiger partial charge in [0.15, 0.2) is 0 Å². The molecule has 1 unspecified atom stereocenters. The topological polar surface area (TPSA) is 102 Å². The van der Waals surface area contributed by atoms with Crippen molar-refractivity contribution in [3.05, 3.63) is 88.3 Å². The van der Waals surface area contributed by atoms with Crippen molar-refractivity contribution in [1.82, 2.24) is 19.4 Å². The number of fused-ring (bicyclic) bond motifs is 2. The van der Waals surface area contributed by atoms with Crippen LogP contribution in [-0.4, -0.2) is 62.9 Å². The van der Waals surface area contributed by atoms with Crippen LogP contribution in [0.15, 0.2) is 60.7 Å². The molecule has 10 heteroatoms. The summed E-state index contributed by atoms with van der Waals surface area (Å²) in [5.41, 5.74) is 5.24. The number of halogens is 1. The van der Waals surface area contributed by atoms with E-state index >= 15 is 0 Å². The number of nitrogens with zero attached hydrogens (tertiary/aromatic N) is 4. The maximum atomic E-state index is 11.6. The van der Waals surface area contributed by atoms with Crippen LogP contribution in [0.2, 0.25) is 5.02 Å². The van der Waals surface area contributed by atoms with E-state index in [0.717, 1.165) is 78.6 Å². The highest BCUT2D eigenvalue weighted by Crippen LogP contribution is 2.36. The van der Waals surface area contributed by atoms with Crippen LogP contribution in [0.3, 0.4) is 0 Å². The molecular formula is C32H32ClN5O4. The fourth-order valence-electron chi connectivity index (χ4n) is 5.94. The molecule has 1 fully saturated rings. The van der Waals surface area contributed by atoms with Crippen LogP contribution >= 0.6 is 11.6 Å². The molecule has 0 amide bonds. The molecule has 0 radical (unpaired) electrons. The number of nitrogens with one attached hydrogen (secondary N) is 1. The zero-order valence-corrected chi connectivity index (χ0v) is 23.9. The van der Waals surface area contributed by atoms with Crippen molar-refractivity contribution in [2.45, 2.75) is 44.5 Å². The zero-order valence-electron chi connectivity index (χ0n) is 23.1. The van der Waals surface area contributed by atoms with Gasteiger partial charge in [-0.3, -0.25) is 4.90 Å². The van der Waals surface area contributed by atoms with E-state index in [0.29, 0.717) is 24.7 Å². The summed E-state index contributed by atoms with van der Waals surface area (Å²) in [6.07, 6.45) is 5.13. The number of hydrogen-bond donors (Lipinski definition) is 2. The van der Waals surface area contributed by atoms with E-state index < -0.39 is 5.97 Å². The zero-order chi connectivity index (χ0) is 28.6. The predicted molar refractivity (Wildman–Crippen MR) is 161 cm³/mol. The number of carbonyl (C=O) groups is 1. The Kier molecular flexibility index (Phi) is 7.31. The molecule has 5 heterocycles. The molecule has 2 atom stereocenters. The summed E-state index contributed by atoms with van der Waals surface area (Å²) in [6, 6.07) is 17.2. The third kappa shape index (κ3) is 5.47. The molecular weight excluding hydrogens is 554 g/mol. The minimum Gasteiger partial charge on any atom is -0.493 e. The van der Waals surface area contributed by atoms with E-state index in [1.807, 2.05) is 24.3 Å². The molecule has 1 saturated heterocycles. The SMILES string of the molecule is O=C(O)c1ccc2nc(CN3CC=C(c4cccc(NC5CCOc6cc(Cl)ccc65)n4)CC3)n(C[C@@H]3CCO3)c2c1. The van der Waals surface area contributed by atoms with E-state index in [1.165, 1.54) is 5.57 Å². The third-order valence-corrected chi connectivity index (χ3v) is 8.56. The van der Waals surface area contributed by atoms with Crippen molar-refractivity contribution in [3.63, 3.8) is 0 Å². The summed E-state index contributed by atoms with van der Waals surface area (Å²) >= 11 is 6.17. The first-order valence-electron chi connectivity index (χ1n) is 14.4. The predicted octanol–water partition coefficient (Wildman–Crippen LogP) is 5.80. The maximum absolute atomic E-state index is 11.6. The van der Waals surface area contributed by atoms with Crippen LogP contribution in [0.5, 0.6) is 5.75 Å². The molecule has 2 N–H and O–H groups in total. The molecule has 2 aromatic carbocycles. The summed E-state index contributed by atoms with van der Waals surface area (Å²) < 4.78 is 13.7. The number of ether oxygens (including phenoxy) is 2. The number of hydrogen-bond acceptors (Lipinski definition) is 7. The minimum absolute atomic E-state index is 0.112. The summed E-state index contributed by atoms with van der Waals surface area (Å²) in [4.78, 5) is 23.8. The number of rotatable bonds is 8. The van der Waals surface area contributed by atoms with Crippen molar-refractivity contribution < 1.29 is 19.4 Å². The van der Waals surface area contributed by atoms with E-state index in [2.05, 4.69) is 33.0 Å². The number of aromatic carboxylic acids is 1. The van der Waals surface area contributed by atoms with Gasteiger partial charge >= 0.3 is 5.97 Å². The van der Waals surface area contributed by atoms with Gasteiger partial charge < -0.3 is 24.5 Å². The van der Waals surface area contributed by atoms with Crippen LogP contribution in [0.1, 0.15) is 52.7 Å². The van der Waals surface area contributed by atoms with E-state index in [1.54, 1.807) is 18.2 Å². The first kappa shape index (κ1) is 26.9. The second-order valence-corrected chi connectivity index (χ2v) is 11.5. The maximum Gasteiger partial charge on any atom is 0.335 e. The summed E-state index contributed by atoms with van der Waals surface area (Å²) in [7, 11) is 0. The van der Waals surface area contributed by atoms with E-state index in [4.69, 9.17) is 31.0 Å². The lowest BCUT2D eigenvalue weighted by molar-refractivity contribution is -0.0591. The smallest absolute Gasteiger partial charge is 0.335 e. The average Bonchev–Trinajstić information content (AvgIpc) is 3.31. The first-order chi connectivity index (χ1) is 20.5. The lowest BCUT2D eigenvalue weighted by Gasteiger charge is -2.29. The van der Waals surface area contributed by atoms with Crippen LogP contribution < -0.4 is 10.1 Å². The monoisotopic (exact) mass is 585 g/mol. The number of imidazole rings is 1. The molecule has 0 aliphatic carbocycles. The van der Waals surface area contributed by atoms with Crippen molar-refractivity contribution in [2.24, 2.45) is 0 Å². The van der Waals surface area contributed by atoms with Gasteiger partial charge in [0.1, 0.15) is 17.4 Å². The average molecular weight is 586 g/mol. The minimum atomic E-state index is -0.935. The van der Waals surface area contributed by atoms with Crippen LogP contribution in [0, 0.1) is 0 Å². The molecule has 0 bridgehead atoms. The highest BCUT2D eigenvalue weighted by molar-refractivity contribution is 6.30. The lowest BCUT2D eigenvalue weighted by Crippen LogP contribution is -2.33. The molecule has 2 aromatic heterocycles. The largest absolute Gasteiger partial charge is 0.493 e. The summed E-state index contributed by atoms with van der Waals surface area (Å²) in [5.74, 6) is 1.67. The molecule has 42 heavy (non-hydrogen) atoms. The molecule has 9 nitrogen and oxygen atoms in total. The van der Waals surface area contributed by atoms with Gasteiger partial charge in [-0.15, -0.1) is 0 Å². The molecule has 0 spiro atoms. The number of carboxylic acid groups (broad SMARTS) is 1. The van der Waals surface area contributed by atoms with Gasteiger partial charge in [0.05, 0.1) is 54.1 Å². The Hall–Kier alpha value is -3.92. The van der Waals surface area contributed by atoms with Gasteiger partial charge in [0.2, 0.25) is 0 Å². The molecule has 0 saturated carbocycles. The van der Waals surface area contributed by atoms with E-state index in [-0.39, 0.29) is 17.7 Å². The molecule has 3 aliphatic heterocycles. The summed E-state index contributed by atoms with van der Waals surface area (Å²) in [6.45, 7) is 4.42. The number of pyridine rings is 1. The number of anilines is 1. The normalized spacial score (nSPS) is 20.4. The number of aromatic nitrogens is 3. The van der Waals surface area contributed by atoms with Crippen LogP contribution in [0.25, 0.3) is 16.6 Å². The fourth-order valence-corrected chi connectivity index (χ4v) is 6.10. The number of benzene rings is 2. The second kappa shape index (κ2) is 11.4. The van der Waals surface area contributed by atoms with Crippen LogP contribution in [-0.2, 0) is 17.8 Å². The van der Waals surface area contributed by atoms with Crippen molar-refractivity contribution in [3.8, 4) is 5.75 Å². The Morgan fingerprint density at radius 3 is 2.79 bits per heavy atom. The van der Waals surface area contributed by atoms with Gasteiger partial charge in [0, 0.05) is 36.7 Å². The van der Waals surface area contributed by atoms with Gasteiger partial charge in [-0.25, -0.2) is 14.8 Å². The lowest BCUT2D eigenvalue weighted by atomic mass is 10.0. The first-order valence-corrected chi connectivity index (χ1v) is 14.8. The molecule has 216 valence electrons. The van der Waals surface area contributed by atoms with Crippen molar-refractivity contribution >= 4 is 40.0 Å². The standard InChI is InChI=1S/C32H32ClN5O4/c33-22-5-6-24-26(11-15-42-29(24)17-22)35-30-3-1-2-25(34-30)20-8-12-37(13-9-20)19-31-36-27-7-4-21(32(39)40)16-28(27)38(31)18-23-10-14-41-23/h1-8,16-17,23,26H,9-15,18-19H2,(H,34,35)(H,39,40)/t23-,26?/m0/s1. The van der Waals surface area contributed by atoms with Gasteiger partial charge in [-0.2, -0.15) is 0 Å². The Bertz CT molecular complexity index is 1680. The van der Waals surface area contributed by atoms with Gasteiger partial charge in [0.25, 0.3) is 0 Å². The molecule has 7 rings (SSSR count). The van der Waals surface area contributed by atoms with Gasteiger partial charge in [-0.05, 0) is 60.9 Å². The molecule has 3 aliphatic rings. The Balaban J connectivity index is 1.06. The highest BCUT2D eigenvalue weighted by Gasteiger charge is 2.25. The number of carboxylic acids is 1. The second-order valence-electron chi connectivity index (χ2n) is 11.1. The Labute approximate surface area is 248 Å². The van der Waals surface area contributed by atoms with Gasteiger partial charge in [-0.1, -0.05) is 29.8 Å².